The summed E-state index contributed by atoms with van der Waals surface area (Å²) < 4.78 is 17.7. The van der Waals surface area contributed by atoms with Crippen molar-refractivity contribution in [3.05, 3.63) is 68.5 Å². The minimum atomic E-state index is -0.880. The number of hydrogen-bond acceptors (Lipinski definition) is 7. The zero-order valence-electron chi connectivity index (χ0n) is 16.2. The molecule has 0 amide bonds. The van der Waals surface area contributed by atoms with Crippen LogP contribution in [0.15, 0.2) is 46.1 Å². The van der Waals surface area contributed by atoms with Gasteiger partial charge in [-0.1, -0.05) is 37.0 Å². The number of H-pyrrole nitrogens is 1. The first-order valence-electron chi connectivity index (χ1n) is 9.49. The predicted molar refractivity (Wildman–Crippen MR) is 104 cm³/mol. The first kappa shape index (κ1) is 20.1. The molecular weight excluding hydrogens is 392 g/mol. The van der Waals surface area contributed by atoms with E-state index in [4.69, 9.17) is 14.2 Å². The van der Waals surface area contributed by atoms with E-state index in [0.29, 0.717) is 12.0 Å². The molecule has 2 aliphatic rings. The van der Waals surface area contributed by atoms with Gasteiger partial charge in [0, 0.05) is 6.20 Å². The summed E-state index contributed by atoms with van der Waals surface area (Å²) in [5.74, 6) is 4.66. The molecule has 2 bridgehead atoms. The topological polar surface area (TPSA) is 120 Å². The number of benzene rings is 1. The minimum Gasteiger partial charge on any atom is -0.449 e. The summed E-state index contributed by atoms with van der Waals surface area (Å²) in [4.78, 5) is 38.5. The van der Waals surface area contributed by atoms with Crippen molar-refractivity contribution in [2.75, 3.05) is 13.2 Å². The first-order chi connectivity index (χ1) is 14.4. The van der Waals surface area contributed by atoms with Crippen molar-refractivity contribution in [2.45, 2.75) is 37.4 Å². The second kappa shape index (κ2) is 7.91. The highest BCUT2D eigenvalue weighted by Gasteiger charge is 2.60. The molecule has 4 rings (SSSR count). The number of carbonyl (C=O) groups is 1. The molecule has 2 saturated heterocycles. The van der Waals surface area contributed by atoms with Crippen LogP contribution in [-0.2, 0) is 14.2 Å². The van der Waals surface area contributed by atoms with Gasteiger partial charge in [-0.2, -0.15) is 0 Å². The lowest BCUT2D eigenvalue weighted by Gasteiger charge is -2.30. The maximum absolute atomic E-state index is 12.3. The van der Waals surface area contributed by atoms with Crippen LogP contribution in [0.1, 0.15) is 35.5 Å². The normalized spacial score (nSPS) is 26.8. The van der Waals surface area contributed by atoms with Crippen molar-refractivity contribution < 1.29 is 24.1 Å². The van der Waals surface area contributed by atoms with Gasteiger partial charge >= 0.3 is 11.7 Å². The van der Waals surface area contributed by atoms with Crippen LogP contribution in [0.2, 0.25) is 0 Å². The van der Waals surface area contributed by atoms with Crippen molar-refractivity contribution >= 4 is 5.97 Å². The van der Waals surface area contributed by atoms with Gasteiger partial charge in [0.25, 0.3) is 5.56 Å². The van der Waals surface area contributed by atoms with E-state index in [2.05, 4.69) is 16.8 Å². The highest BCUT2D eigenvalue weighted by atomic mass is 16.6. The Morgan fingerprint density at radius 2 is 2.13 bits per heavy atom. The molecule has 9 heteroatoms. The number of nitrogens with one attached hydrogen (secondary N) is 1. The fraction of sp³-hybridized carbons (Fsp3) is 0.381. The summed E-state index contributed by atoms with van der Waals surface area (Å²) in [6, 6.07) is 8.44. The van der Waals surface area contributed by atoms with E-state index < -0.39 is 41.3 Å². The van der Waals surface area contributed by atoms with Crippen molar-refractivity contribution in [3.63, 3.8) is 0 Å². The van der Waals surface area contributed by atoms with Gasteiger partial charge in [0.2, 0.25) is 0 Å². The number of aliphatic hydroxyl groups is 1. The van der Waals surface area contributed by atoms with Gasteiger partial charge < -0.3 is 19.3 Å². The van der Waals surface area contributed by atoms with Crippen LogP contribution in [0.3, 0.4) is 0 Å². The molecule has 0 radical (unpaired) electrons. The number of aromatic nitrogens is 2. The molecular formula is C21H20N2O7. The Labute approximate surface area is 171 Å². The fourth-order valence-electron chi connectivity index (χ4n) is 3.63. The van der Waals surface area contributed by atoms with Gasteiger partial charge in [-0.05, 0) is 18.6 Å². The van der Waals surface area contributed by atoms with Crippen molar-refractivity contribution in [1.29, 1.82) is 0 Å². The van der Waals surface area contributed by atoms with E-state index >= 15 is 0 Å². The van der Waals surface area contributed by atoms with Gasteiger partial charge in [0.15, 0.2) is 12.8 Å². The quantitative estimate of drug-likeness (QED) is 0.543. The van der Waals surface area contributed by atoms with Crippen LogP contribution >= 0.6 is 0 Å². The molecule has 2 aromatic rings. The Morgan fingerprint density at radius 1 is 1.37 bits per heavy atom. The minimum absolute atomic E-state index is 0.00299. The Morgan fingerprint density at radius 3 is 2.83 bits per heavy atom. The lowest BCUT2D eigenvalue weighted by molar-refractivity contribution is -0.175. The molecule has 0 aliphatic carbocycles. The monoisotopic (exact) mass is 412 g/mol. The van der Waals surface area contributed by atoms with Crippen LogP contribution in [-0.4, -0.2) is 51.6 Å². The van der Waals surface area contributed by atoms with Crippen LogP contribution in [0.25, 0.3) is 0 Å². The lowest BCUT2D eigenvalue weighted by atomic mass is 9.96. The molecule has 1 aromatic carbocycles. The molecule has 0 spiro atoms. The van der Waals surface area contributed by atoms with Crippen molar-refractivity contribution in [3.8, 4) is 11.8 Å². The van der Waals surface area contributed by atoms with Gasteiger partial charge in [0.1, 0.15) is 23.4 Å². The van der Waals surface area contributed by atoms with Gasteiger partial charge in [-0.15, -0.1) is 0 Å². The largest absolute Gasteiger partial charge is 0.449 e. The predicted octanol–water partition coefficient (Wildman–Crippen LogP) is 0.182. The van der Waals surface area contributed by atoms with Crippen LogP contribution in [0, 0.1) is 11.8 Å². The van der Waals surface area contributed by atoms with Gasteiger partial charge in [-0.3, -0.25) is 14.3 Å². The third-order valence-corrected chi connectivity index (χ3v) is 5.36. The molecule has 1 unspecified atom stereocenters. The number of ether oxygens (including phenoxy) is 3. The summed E-state index contributed by atoms with van der Waals surface area (Å²) in [6.45, 7) is 1.87. The molecule has 4 atom stereocenters. The number of nitrogens with zero attached hydrogens (tertiary/aromatic N) is 1. The van der Waals surface area contributed by atoms with Crippen molar-refractivity contribution in [2.24, 2.45) is 0 Å². The molecule has 2 aliphatic heterocycles. The second-order valence-corrected chi connectivity index (χ2v) is 7.10. The SMILES string of the molecule is CC[C@@]12COC([C@H](n3cc(C#CCOC(=O)c4ccccc4)c(=O)[nH]c3=O)O1)[C@H]2O. The Bertz CT molecular complexity index is 1130. The zero-order valence-corrected chi connectivity index (χ0v) is 16.2. The molecule has 0 saturated carbocycles. The maximum atomic E-state index is 12.3. The molecule has 156 valence electrons. The molecule has 2 fully saturated rings. The van der Waals surface area contributed by atoms with E-state index in [1.165, 1.54) is 6.20 Å². The Balaban J connectivity index is 1.51. The van der Waals surface area contributed by atoms with Gasteiger partial charge in [0.05, 0.1) is 12.2 Å². The highest BCUT2D eigenvalue weighted by molar-refractivity contribution is 5.89. The highest BCUT2D eigenvalue weighted by Crippen LogP contribution is 2.46. The standard InChI is InChI=1S/C21H20N2O7/c1-2-21-12-29-15(16(21)24)18(30-21)23-11-14(17(25)22-20(23)27)9-6-10-28-19(26)13-7-4-3-5-8-13/h3-5,7-8,11,15-16,18,24H,2,10,12H2,1H3,(H,22,25,27)/t15?,16-,18-,21+/m1/s1. The number of aliphatic hydroxyl groups excluding tert-OH is 1. The van der Waals surface area contributed by atoms with E-state index in [1.807, 2.05) is 6.92 Å². The van der Waals surface area contributed by atoms with Crippen LogP contribution in [0.4, 0.5) is 0 Å². The maximum Gasteiger partial charge on any atom is 0.339 e. The van der Waals surface area contributed by atoms with Crippen LogP contribution in [0.5, 0.6) is 0 Å². The van der Waals surface area contributed by atoms with E-state index in [0.717, 1.165) is 4.57 Å². The average Bonchev–Trinajstić information content (AvgIpc) is 3.22. The Kier molecular flexibility index (Phi) is 5.30. The molecule has 9 nitrogen and oxygen atoms in total. The summed E-state index contributed by atoms with van der Waals surface area (Å²) >= 11 is 0. The Hall–Kier alpha value is -3.19. The number of aromatic amines is 1. The van der Waals surface area contributed by atoms with Crippen molar-refractivity contribution in [1.82, 2.24) is 9.55 Å². The van der Waals surface area contributed by atoms with E-state index in [9.17, 15) is 19.5 Å². The number of hydrogen-bond donors (Lipinski definition) is 2. The molecule has 30 heavy (non-hydrogen) atoms. The van der Waals surface area contributed by atoms with Crippen LogP contribution < -0.4 is 11.2 Å². The van der Waals surface area contributed by atoms with E-state index in [-0.39, 0.29) is 18.8 Å². The summed E-state index contributed by atoms with van der Waals surface area (Å²) in [6.07, 6.45) is -0.703. The first-order valence-corrected chi connectivity index (χ1v) is 9.49. The molecule has 1 aromatic heterocycles. The fourth-order valence-corrected chi connectivity index (χ4v) is 3.63. The number of esters is 1. The van der Waals surface area contributed by atoms with E-state index in [1.54, 1.807) is 30.3 Å². The summed E-state index contributed by atoms with van der Waals surface area (Å²) in [7, 11) is 0. The summed E-state index contributed by atoms with van der Waals surface area (Å²) in [5.41, 5.74) is -1.85. The zero-order chi connectivity index (χ0) is 21.3. The third kappa shape index (κ3) is 3.45. The summed E-state index contributed by atoms with van der Waals surface area (Å²) in [5, 5.41) is 10.4. The number of fused-ring (bicyclic) bond motifs is 2. The van der Waals surface area contributed by atoms with Gasteiger partial charge in [-0.25, -0.2) is 9.59 Å². The molecule has 3 heterocycles. The lowest BCUT2D eigenvalue weighted by Crippen LogP contribution is -2.41. The number of carbonyl (C=O) groups excluding carboxylic acids is 1. The number of rotatable bonds is 4. The third-order valence-electron chi connectivity index (χ3n) is 5.36. The molecule has 2 N–H and O–H groups in total. The average molecular weight is 412 g/mol. The second-order valence-electron chi connectivity index (χ2n) is 7.10. The smallest absolute Gasteiger partial charge is 0.339 e.